The van der Waals surface area contributed by atoms with E-state index in [1.165, 1.54) is 4.88 Å². The molecule has 0 aliphatic heterocycles. The van der Waals surface area contributed by atoms with Gasteiger partial charge >= 0.3 is 0 Å². The van der Waals surface area contributed by atoms with Gasteiger partial charge < -0.3 is 0 Å². The first-order valence-corrected chi connectivity index (χ1v) is 7.22. The van der Waals surface area contributed by atoms with Crippen molar-refractivity contribution in [1.29, 1.82) is 0 Å². The molecule has 0 saturated heterocycles. The van der Waals surface area contributed by atoms with E-state index < -0.39 is 0 Å². The number of benzene rings is 1. The van der Waals surface area contributed by atoms with Crippen LogP contribution in [0.1, 0.15) is 28.3 Å². The number of nitrogens with one attached hydrogen (secondary N) is 1. The zero-order valence-corrected chi connectivity index (χ0v) is 12.2. The zero-order chi connectivity index (χ0) is 13.1. The monoisotopic (exact) mass is 300 g/mol. The van der Waals surface area contributed by atoms with Gasteiger partial charge in [-0.25, -0.2) is 5.43 Å². The van der Waals surface area contributed by atoms with E-state index in [-0.39, 0.29) is 6.04 Å². The van der Waals surface area contributed by atoms with Crippen molar-refractivity contribution in [2.24, 2.45) is 5.84 Å². The number of nitrogens with two attached hydrogens (primary N) is 1. The fourth-order valence-electron chi connectivity index (χ4n) is 1.80. The van der Waals surface area contributed by atoms with Gasteiger partial charge in [-0.3, -0.25) is 5.84 Å². The second-order valence-electron chi connectivity index (χ2n) is 3.92. The van der Waals surface area contributed by atoms with Crippen molar-refractivity contribution in [2.75, 3.05) is 0 Å². The van der Waals surface area contributed by atoms with E-state index in [4.69, 9.17) is 29.0 Å². The summed E-state index contributed by atoms with van der Waals surface area (Å²) in [6, 6.07) is 9.47. The van der Waals surface area contributed by atoms with Gasteiger partial charge in [0, 0.05) is 19.8 Å². The molecule has 0 bridgehead atoms. The van der Waals surface area contributed by atoms with Crippen LogP contribution in [0.5, 0.6) is 0 Å². The van der Waals surface area contributed by atoms with Gasteiger partial charge in [0.1, 0.15) is 0 Å². The number of aryl methyl sites for hydroxylation is 1. The Labute approximate surface area is 121 Å². The normalized spacial score (nSPS) is 12.7. The molecule has 0 amide bonds. The van der Waals surface area contributed by atoms with Gasteiger partial charge in [-0.1, -0.05) is 30.1 Å². The molecule has 3 N–H and O–H groups in total. The van der Waals surface area contributed by atoms with Gasteiger partial charge in [-0.2, -0.15) is 0 Å². The topological polar surface area (TPSA) is 38.0 Å². The molecular weight excluding hydrogens is 287 g/mol. The summed E-state index contributed by atoms with van der Waals surface area (Å²) in [5.41, 5.74) is 3.71. The van der Waals surface area contributed by atoms with Crippen LogP contribution in [0.25, 0.3) is 0 Å². The molecule has 0 aliphatic rings. The summed E-state index contributed by atoms with van der Waals surface area (Å²) < 4.78 is 0. The first kappa shape index (κ1) is 13.8. The minimum Gasteiger partial charge on any atom is -0.271 e. The standard InChI is InChI=1S/C13H14Cl2N2S/c1-2-9-4-6-12(18-9)13(17-16)10-7-8(14)3-5-11(10)15/h3-7,13,17H,2,16H2,1H3. The van der Waals surface area contributed by atoms with E-state index in [2.05, 4.69) is 24.5 Å². The smallest absolute Gasteiger partial charge is 0.0817 e. The molecule has 2 nitrogen and oxygen atoms in total. The van der Waals surface area contributed by atoms with Crippen molar-refractivity contribution in [3.8, 4) is 0 Å². The van der Waals surface area contributed by atoms with Gasteiger partial charge in [0.2, 0.25) is 0 Å². The molecule has 0 fully saturated rings. The van der Waals surface area contributed by atoms with Crippen molar-refractivity contribution in [3.05, 3.63) is 55.7 Å². The average molecular weight is 301 g/mol. The Morgan fingerprint density at radius 3 is 2.67 bits per heavy atom. The van der Waals surface area contributed by atoms with E-state index in [0.29, 0.717) is 10.0 Å². The molecule has 0 aliphatic carbocycles. The first-order chi connectivity index (χ1) is 8.65. The van der Waals surface area contributed by atoms with E-state index in [1.54, 1.807) is 23.5 Å². The van der Waals surface area contributed by atoms with Crippen LogP contribution in [0.2, 0.25) is 10.0 Å². The predicted molar refractivity (Wildman–Crippen MR) is 79.3 cm³/mol. The number of hydrogen-bond acceptors (Lipinski definition) is 3. The summed E-state index contributed by atoms with van der Waals surface area (Å²) in [6.45, 7) is 2.13. The maximum atomic E-state index is 6.21. The minimum atomic E-state index is -0.124. The number of hydrogen-bond donors (Lipinski definition) is 2. The number of thiophene rings is 1. The predicted octanol–water partition coefficient (Wildman–Crippen LogP) is 4.17. The Bertz CT molecular complexity index is 540. The fourth-order valence-corrected chi connectivity index (χ4v) is 3.24. The first-order valence-electron chi connectivity index (χ1n) is 5.65. The lowest BCUT2D eigenvalue weighted by Crippen LogP contribution is -2.28. The Hall–Kier alpha value is -0.580. The minimum absolute atomic E-state index is 0.124. The summed E-state index contributed by atoms with van der Waals surface area (Å²) in [7, 11) is 0. The van der Waals surface area contributed by atoms with Crippen LogP contribution >= 0.6 is 34.5 Å². The van der Waals surface area contributed by atoms with Gasteiger partial charge in [0.25, 0.3) is 0 Å². The highest BCUT2D eigenvalue weighted by Gasteiger charge is 2.17. The van der Waals surface area contributed by atoms with Crippen molar-refractivity contribution >= 4 is 34.5 Å². The molecule has 0 radical (unpaired) electrons. The number of halogens is 2. The maximum absolute atomic E-state index is 6.21. The second kappa shape index (κ2) is 6.04. The van der Waals surface area contributed by atoms with Crippen LogP contribution in [-0.4, -0.2) is 0 Å². The zero-order valence-electron chi connectivity index (χ0n) is 9.91. The lowest BCUT2D eigenvalue weighted by Gasteiger charge is -2.16. The van der Waals surface area contributed by atoms with Crippen LogP contribution < -0.4 is 11.3 Å². The average Bonchev–Trinajstić information content (AvgIpc) is 2.83. The molecule has 1 unspecified atom stereocenters. The van der Waals surface area contributed by atoms with Crippen LogP contribution in [-0.2, 0) is 6.42 Å². The van der Waals surface area contributed by atoms with Crippen LogP contribution in [0.3, 0.4) is 0 Å². The molecule has 1 aromatic carbocycles. The molecule has 2 aromatic rings. The molecule has 18 heavy (non-hydrogen) atoms. The Balaban J connectivity index is 2.41. The summed E-state index contributed by atoms with van der Waals surface area (Å²) in [5, 5.41) is 1.32. The summed E-state index contributed by atoms with van der Waals surface area (Å²) in [4.78, 5) is 2.46. The van der Waals surface area contributed by atoms with Crippen molar-refractivity contribution in [2.45, 2.75) is 19.4 Å². The number of rotatable bonds is 4. The second-order valence-corrected chi connectivity index (χ2v) is 5.97. The lowest BCUT2D eigenvalue weighted by atomic mass is 10.1. The Morgan fingerprint density at radius 2 is 2.06 bits per heavy atom. The van der Waals surface area contributed by atoms with Gasteiger partial charge in [-0.05, 0) is 42.3 Å². The molecule has 2 rings (SSSR count). The largest absolute Gasteiger partial charge is 0.271 e. The summed E-state index contributed by atoms with van der Waals surface area (Å²) >= 11 is 14.0. The number of hydrazine groups is 1. The van der Waals surface area contributed by atoms with Crippen molar-refractivity contribution in [3.63, 3.8) is 0 Å². The summed E-state index contributed by atoms with van der Waals surface area (Å²) in [5.74, 6) is 5.66. The molecule has 0 spiro atoms. The quantitative estimate of drug-likeness (QED) is 0.657. The van der Waals surface area contributed by atoms with Gasteiger partial charge in [0.05, 0.1) is 6.04 Å². The molecule has 1 atom stereocenters. The van der Waals surface area contributed by atoms with Crippen LogP contribution in [0.15, 0.2) is 30.3 Å². The third-order valence-electron chi connectivity index (χ3n) is 2.75. The molecular formula is C13H14Cl2N2S. The Kier molecular flexibility index (Phi) is 4.65. The molecule has 5 heteroatoms. The summed E-state index contributed by atoms with van der Waals surface area (Å²) in [6.07, 6.45) is 1.02. The lowest BCUT2D eigenvalue weighted by molar-refractivity contribution is 0.647. The highest BCUT2D eigenvalue weighted by molar-refractivity contribution is 7.12. The van der Waals surface area contributed by atoms with E-state index in [1.807, 2.05) is 6.07 Å². The van der Waals surface area contributed by atoms with Crippen LogP contribution in [0, 0.1) is 0 Å². The molecule has 96 valence electrons. The van der Waals surface area contributed by atoms with E-state index in [0.717, 1.165) is 16.9 Å². The van der Waals surface area contributed by atoms with Crippen molar-refractivity contribution < 1.29 is 0 Å². The van der Waals surface area contributed by atoms with E-state index >= 15 is 0 Å². The molecule has 1 aromatic heterocycles. The fraction of sp³-hybridized carbons (Fsp3) is 0.231. The highest BCUT2D eigenvalue weighted by atomic mass is 35.5. The van der Waals surface area contributed by atoms with Gasteiger partial charge in [-0.15, -0.1) is 11.3 Å². The van der Waals surface area contributed by atoms with E-state index in [9.17, 15) is 0 Å². The maximum Gasteiger partial charge on any atom is 0.0817 e. The van der Waals surface area contributed by atoms with Gasteiger partial charge in [0.15, 0.2) is 0 Å². The third kappa shape index (κ3) is 2.87. The molecule has 0 saturated carbocycles. The highest BCUT2D eigenvalue weighted by Crippen LogP contribution is 2.33. The Morgan fingerprint density at radius 1 is 1.28 bits per heavy atom. The SMILES string of the molecule is CCc1ccc(C(NN)c2cc(Cl)ccc2Cl)s1. The van der Waals surface area contributed by atoms with Crippen LogP contribution in [0.4, 0.5) is 0 Å². The third-order valence-corrected chi connectivity index (χ3v) is 4.62. The molecule has 1 heterocycles. The van der Waals surface area contributed by atoms with Crippen molar-refractivity contribution in [1.82, 2.24) is 5.43 Å².